The highest BCUT2D eigenvalue weighted by Gasteiger charge is 2.44. The molecule has 0 radical (unpaired) electrons. The molecule has 0 aromatic rings. The number of piperidine rings is 1. The highest BCUT2D eigenvalue weighted by Crippen LogP contribution is 2.34. The van der Waals surface area contributed by atoms with E-state index in [1.807, 2.05) is 4.90 Å². The zero-order chi connectivity index (χ0) is 17.3. The van der Waals surface area contributed by atoms with Crippen LogP contribution in [0.5, 0.6) is 0 Å². The first-order chi connectivity index (χ1) is 11.4. The van der Waals surface area contributed by atoms with Crippen LogP contribution in [0, 0.1) is 17.8 Å². The van der Waals surface area contributed by atoms with Crippen LogP contribution >= 0.6 is 0 Å². The third-order valence-electron chi connectivity index (χ3n) is 5.93. The summed E-state index contributed by atoms with van der Waals surface area (Å²) in [6.07, 6.45) is 6.10. The summed E-state index contributed by atoms with van der Waals surface area (Å²) < 4.78 is 0. The van der Waals surface area contributed by atoms with Crippen LogP contribution in [0.2, 0.25) is 0 Å². The number of amides is 2. The number of carboxylic acids is 1. The molecule has 3 rings (SSSR count). The molecule has 1 unspecified atom stereocenters. The third-order valence-corrected chi connectivity index (χ3v) is 5.93. The molecular weight excluding hydrogens is 308 g/mol. The van der Waals surface area contributed by atoms with Crippen molar-refractivity contribution in [1.82, 2.24) is 10.2 Å². The maximum Gasteiger partial charge on any atom is 0.329 e. The Morgan fingerprint density at radius 2 is 1.71 bits per heavy atom. The fourth-order valence-electron chi connectivity index (χ4n) is 3.96. The van der Waals surface area contributed by atoms with Crippen molar-refractivity contribution in [1.29, 1.82) is 0 Å². The molecule has 2 saturated carbocycles. The second-order valence-electron chi connectivity index (χ2n) is 7.96. The smallest absolute Gasteiger partial charge is 0.329 e. The normalized spacial score (nSPS) is 33.8. The van der Waals surface area contributed by atoms with Crippen molar-refractivity contribution < 1.29 is 19.5 Å². The van der Waals surface area contributed by atoms with Crippen LogP contribution in [-0.4, -0.2) is 46.4 Å². The minimum Gasteiger partial charge on any atom is -0.480 e. The number of hydrogen-bond acceptors (Lipinski definition) is 3. The van der Waals surface area contributed by atoms with Gasteiger partial charge in [-0.05, 0) is 57.3 Å². The molecule has 134 valence electrons. The van der Waals surface area contributed by atoms with Crippen LogP contribution in [0.4, 0.5) is 0 Å². The van der Waals surface area contributed by atoms with Crippen LogP contribution in [0.15, 0.2) is 0 Å². The zero-order valence-corrected chi connectivity index (χ0v) is 14.4. The summed E-state index contributed by atoms with van der Waals surface area (Å²) in [5, 5.41) is 12.5. The van der Waals surface area contributed by atoms with Crippen LogP contribution < -0.4 is 5.32 Å². The fraction of sp³-hybridized carbons (Fsp3) is 0.833. The average Bonchev–Trinajstić information content (AvgIpc) is 3.41. The van der Waals surface area contributed by atoms with Gasteiger partial charge in [-0.3, -0.25) is 9.59 Å². The lowest BCUT2D eigenvalue weighted by Gasteiger charge is -2.39. The van der Waals surface area contributed by atoms with Crippen molar-refractivity contribution >= 4 is 17.8 Å². The Hall–Kier alpha value is -1.59. The van der Waals surface area contributed by atoms with Crippen molar-refractivity contribution in [3.8, 4) is 0 Å². The lowest BCUT2D eigenvalue weighted by molar-refractivity contribution is -0.151. The van der Waals surface area contributed by atoms with Crippen molar-refractivity contribution in [3.05, 3.63) is 0 Å². The summed E-state index contributed by atoms with van der Waals surface area (Å²) in [6.45, 7) is 3.28. The van der Waals surface area contributed by atoms with Crippen LogP contribution in [0.1, 0.15) is 58.3 Å². The van der Waals surface area contributed by atoms with Crippen LogP contribution in [0.3, 0.4) is 0 Å². The number of carbonyl (C=O) groups excluding carboxylic acids is 2. The van der Waals surface area contributed by atoms with E-state index >= 15 is 0 Å². The van der Waals surface area contributed by atoms with E-state index in [0.29, 0.717) is 25.3 Å². The van der Waals surface area contributed by atoms with Gasteiger partial charge >= 0.3 is 5.97 Å². The number of carbonyl (C=O) groups is 3. The monoisotopic (exact) mass is 336 g/mol. The molecule has 6 heteroatoms. The Balaban J connectivity index is 1.62. The molecule has 6 nitrogen and oxygen atoms in total. The lowest BCUT2D eigenvalue weighted by Crippen LogP contribution is -2.59. The highest BCUT2D eigenvalue weighted by atomic mass is 16.4. The van der Waals surface area contributed by atoms with Gasteiger partial charge in [-0.2, -0.15) is 0 Å². The number of carboxylic acid groups (broad SMARTS) is 1. The topological polar surface area (TPSA) is 86.7 Å². The lowest BCUT2D eigenvalue weighted by atomic mass is 9.76. The third kappa shape index (κ3) is 3.57. The minimum absolute atomic E-state index is 0.164. The van der Waals surface area contributed by atoms with E-state index in [0.717, 1.165) is 45.1 Å². The number of rotatable bonds is 4. The van der Waals surface area contributed by atoms with E-state index in [4.69, 9.17) is 0 Å². The molecule has 2 N–H and O–H groups in total. The van der Waals surface area contributed by atoms with E-state index < -0.39 is 11.5 Å². The van der Waals surface area contributed by atoms with E-state index in [9.17, 15) is 19.5 Å². The van der Waals surface area contributed by atoms with Gasteiger partial charge < -0.3 is 15.3 Å². The van der Waals surface area contributed by atoms with Crippen molar-refractivity contribution in [3.63, 3.8) is 0 Å². The number of nitrogens with one attached hydrogen (secondary N) is 1. The second-order valence-corrected chi connectivity index (χ2v) is 7.96. The number of nitrogens with zero attached hydrogens (tertiary/aromatic N) is 1. The molecule has 0 bridgehead atoms. The Bertz CT molecular complexity index is 521. The summed E-state index contributed by atoms with van der Waals surface area (Å²) in [5.74, 6) is -0.554. The van der Waals surface area contributed by atoms with Gasteiger partial charge in [-0.1, -0.05) is 6.92 Å². The van der Waals surface area contributed by atoms with Crippen molar-refractivity contribution in [2.24, 2.45) is 17.8 Å². The van der Waals surface area contributed by atoms with Crippen molar-refractivity contribution in [2.45, 2.75) is 63.8 Å². The Morgan fingerprint density at radius 1 is 1.04 bits per heavy atom. The summed E-state index contributed by atoms with van der Waals surface area (Å²) in [7, 11) is 0. The van der Waals surface area contributed by atoms with Gasteiger partial charge in [0.2, 0.25) is 11.8 Å². The number of aliphatic carboxylic acids is 1. The predicted molar refractivity (Wildman–Crippen MR) is 88.2 cm³/mol. The van der Waals surface area contributed by atoms with Crippen molar-refractivity contribution in [2.75, 3.05) is 13.1 Å². The highest BCUT2D eigenvalue weighted by molar-refractivity contribution is 5.89. The first-order valence-electron chi connectivity index (χ1n) is 9.25. The standard InChI is InChI=1S/C18H28N2O4/c1-12-6-8-18(9-7-12,17(23)24)19-15(21)14-3-2-10-20(11-14)16(22)13-4-5-13/h12-14H,2-11H2,1H3,(H,19,21)(H,23,24). The summed E-state index contributed by atoms with van der Waals surface area (Å²) in [4.78, 5) is 38.5. The molecule has 2 amide bonds. The fourth-order valence-corrected chi connectivity index (χ4v) is 3.96. The first kappa shape index (κ1) is 17.2. The van der Waals surface area contributed by atoms with E-state index in [1.165, 1.54) is 0 Å². The van der Waals surface area contributed by atoms with Crippen LogP contribution in [-0.2, 0) is 14.4 Å². The molecular formula is C18H28N2O4. The maximum absolute atomic E-state index is 12.7. The number of likely N-dealkylation sites (tertiary alicyclic amines) is 1. The van der Waals surface area contributed by atoms with Crippen LogP contribution in [0.25, 0.3) is 0 Å². The Labute approximate surface area is 143 Å². The molecule has 2 aliphatic carbocycles. The maximum atomic E-state index is 12.7. The molecule has 0 aromatic carbocycles. The molecule has 0 spiro atoms. The molecule has 1 atom stereocenters. The van der Waals surface area contributed by atoms with Gasteiger partial charge in [0.1, 0.15) is 5.54 Å². The molecule has 0 aromatic heterocycles. The molecule has 24 heavy (non-hydrogen) atoms. The van der Waals surface area contributed by atoms with Gasteiger partial charge in [-0.15, -0.1) is 0 Å². The van der Waals surface area contributed by atoms with Gasteiger partial charge in [0.15, 0.2) is 0 Å². The summed E-state index contributed by atoms with van der Waals surface area (Å²) in [6, 6.07) is 0. The van der Waals surface area contributed by atoms with E-state index in [-0.39, 0.29) is 23.7 Å². The SMILES string of the molecule is CC1CCC(NC(=O)C2CCCN(C(=O)C3CC3)C2)(C(=O)O)CC1. The average molecular weight is 336 g/mol. The molecule has 3 aliphatic rings. The van der Waals surface area contributed by atoms with Gasteiger partial charge in [0.25, 0.3) is 0 Å². The second kappa shape index (κ2) is 6.73. The number of hydrogen-bond donors (Lipinski definition) is 2. The van der Waals surface area contributed by atoms with Gasteiger partial charge in [0, 0.05) is 19.0 Å². The molecule has 1 heterocycles. The Kier molecular flexibility index (Phi) is 4.83. The molecule has 1 aliphatic heterocycles. The van der Waals surface area contributed by atoms with E-state index in [1.54, 1.807) is 0 Å². The van der Waals surface area contributed by atoms with Gasteiger partial charge in [0.05, 0.1) is 5.92 Å². The molecule has 1 saturated heterocycles. The zero-order valence-electron chi connectivity index (χ0n) is 14.4. The minimum atomic E-state index is -1.12. The Morgan fingerprint density at radius 3 is 2.29 bits per heavy atom. The predicted octanol–water partition coefficient (Wildman–Crippen LogP) is 1.78. The summed E-state index contributed by atoms with van der Waals surface area (Å²) >= 11 is 0. The summed E-state index contributed by atoms with van der Waals surface area (Å²) in [5.41, 5.74) is -1.12. The largest absolute Gasteiger partial charge is 0.480 e. The quantitative estimate of drug-likeness (QED) is 0.819. The van der Waals surface area contributed by atoms with E-state index in [2.05, 4.69) is 12.2 Å². The van der Waals surface area contributed by atoms with Gasteiger partial charge in [-0.25, -0.2) is 4.79 Å². The molecule has 3 fully saturated rings. The first-order valence-corrected chi connectivity index (χ1v) is 9.25.